The first-order valence-corrected chi connectivity index (χ1v) is 9.81. The number of benzene rings is 1. The van der Waals surface area contributed by atoms with E-state index in [2.05, 4.69) is 16.0 Å². The summed E-state index contributed by atoms with van der Waals surface area (Å²) in [7, 11) is 0. The molecule has 2 atom stereocenters. The molecule has 0 spiro atoms. The van der Waals surface area contributed by atoms with Crippen LogP contribution in [0, 0.1) is 0 Å². The van der Waals surface area contributed by atoms with Crippen molar-refractivity contribution in [3.63, 3.8) is 0 Å². The van der Waals surface area contributed by atoms with E-state index in [9.17, 15) is 14.4 Å². The highest BCUT2D eigenvalue weighted by atomic mass is 32.1. The molecular formula is C20H29N3O4S. The molecule has 0 heterocycles. The number of hydrogen-bond acceptors (Lipinski definition) is 4. The zero-order valence-electron chi connectivity index (χ0n) is 16.4. The van der Waals surface area contributed by atoms with Gasteiger partial charge in [0, 0.05) is 13.0 Å². The largest absolute Gasteiger partial charge is 0.480 e. The monoisotopic (exact) mass is 407 g/mol. The lowest BCUT2D eigenvalue weighted by molar-refractivity contribution is -0.141. The van der Waals surface area contributed by atoms with Crippen molar-refractivity contribution >= 4 is 35.0 Å². The second kappa shape index (κ2) is 12.8. The van der Waals surface area contributed by atoms with E-state index in [-0.39, 0.29) is 12.3 Å². The lowest BCUT2D eigenvalue weighted by atomic mass is 10.1. The molecule has 4 N–H and O–H groups in total. The molecule has 0 saturated carbocycles. The predicted octanol–water partition coefficient (Wildman–Crippen LogP) is 1.80. The van der Waals surface area contributed by atoms with Crippen LogP contribution < -0.4 is 16.0 Å². The number of carboxylic acids is 1. The molecule has 154 valence electrons. The van der Waals surface area contributed by atoms with E-state index in [1.54, 1.807) is 6.92 Å². The van der Waals surface area contributed by atoms with Gasteiger partial charge in [0.05, 0.1) is 4.99 Å². The SMILES string of the molecule is CC(=S)NCCCC[C@H](NC(=O)CCc1ccccc1)C(=O)N[C@@H](C)C(=O)O. The molecule has 1 aromatic carbocycles. The highest BCUT2D eigenvalue weighted by molar-refractivity contribution is 7.80. The molecule has 0 aromatic heterocycles. The minimum Gasteiger partial charge on any atom is -0.480 e. The van der Waals surface area contributed by atoms with Crippen molar-refractivity contribution in [1.82, 2.24) is 16.0 Å². The summed E-state index contributed by atoms with van der Waals surface area (Å²) in [5.74, 6) is -1.84. The van der Waals surface area contributed by atoms with Gasteiger partial charge in [-0.2, -0.15) is 0 Å². The molecule has 28 heavy (non-hydrogen) atoms. The molecule has 1 rings (SSSR count). The van der Waals surface area contributed by atoms with Crippen molar-refractivity contribution in [3.8, 4) is 0 Å². The summed E-state index contributed by atoms with van der Waals surface area (Å²) in [4.78, 5) is 36.4. The molecular weight excluding hydrogens is 378 g/mol. The van der Waals surface area contributed by atoms with Gasteiger partial charge >= 0.3 is 5.97 Å². The van der Waals surface area contributed by atoms with Gasteiger partial charge in [0.2, 0.25) is 11.8 Å². The maximum absolute atomic E-state index is 12.4. The smallest absolute Gasteiger partial charge is 0.325 e. The van der Waals surface area contributed by atoms with Gasteiger partial charge in [-0.15, -0.1) is 0 Å². The number of aliphatic carboxylic acids is 1. The van der Waals surface area contributed by atoms with Gasteiger partial charge in [0.1, 0.15) is 12.1 Å². The van der Waals surface area contributed by atoms with Crippen LogP contribution in [0.2, 0.25) is 0 Å². The van der Waals surface area contributed by atoms with Gasteiger partial charge in [-0.05, 0) is 45.1 Å². The van der Waals surface area contributed by atoms with Crippen LogP contribution in [0.3, 0.4) is 0 Å². The predicted molar refractivity (Wildman–Crippen MR) is 112 cm³/mol. The summed E-state index contributed by atoms with van der Waals surface area (Å²) in [5.41, 5.74) is 1.04. The number of amides is 2. The van der Waals surface area contributed by atoms with Crippen molar-refractivity contribution < 1.29 is 19.5 Å². The van der Waals surface area contributed by atoms with Gasteiger partial charge in [-0.25, -0.2) is 0 Å². The normalized spacial score (nSPS) is 12.5. The van der Waals surface area contributed by atoms with Crippen molar-refractivity contribution in [3.05, 3.63) is 35.9 Å². The number of thiocarbonyl (C=S) groups is 1. The third-order valence-corrected chi connectivity index (χ3v) is 4.30. The Morgan fingerprint density at radius 1 is 1.11 bits per heavy atom. The Labute approximate surface area is 171 Å². The van der Waals surface area contributed by atoms with Crippen LogP contribution in [0.1, 0.15) is 45.1 Å². The number of carbonyl (C=O) groups is 3. The summed E-state index contributed by atoms with van der Waals surface area (Å²) < 4.78 is 0. The lowest BCUT2D eigenvalue weighted by Crippen LogP contribution is -2.50. The Hall–Kier alpha value is -2.48. The Morgan fingerprint density at radius 3 is 2.39 bits per heavy atom. The average Bonchev–Trinajstić information content (AvgIpc) is 2.65. The lowest BCUT2D eigenvalue weighted by Gasteiger charge is -2.20. The molecule has 0 aliphatic carbocycles. The van der Waals surface area contributed by atoms with Crippen LogP contribution >= 0.6 is 12.2 Å². The molecule has 0 aliphatic rings. The summed E-state index contributed by atoms with van der Waals surface area (Å²) in [6.07, 6.45) is 2.73. The van der Waals surface area contributed by atoms with E-state index in [0.717, 1.165) is 12.0 Å². The van der Waals surface area contributed by atoms with E-state index >= 15 is 0 Å². The zero-order chi connectivity index (χ0) is 20.9. The fraction of sp³-hybridized carbons (Fsp3) is 0.500. The molecule has 2 amide bonds. The average molecular weight is 408 g/mol. The van der Waals surface area contributed by atoms with Crippen LogP contribution in [0.25, 0.3) is 0 Å². The first-order chi connectivity index (χ1) is 13.3. The molecule has 1 aromatic rings. The number of nitrogens with one attached hydrogen (secondary N) is 3. The summed E-state index contributed by atoms with van der Waals surface area (Å²) in [5, 5.41) is 17.2. The highest BCUT2D eigenvalue weighted by Crippen LogP contribution is 2.05. The van der Waals surface area contributed by atoms with Crippen molar-refractivity contribution in [1.29, 1.82) is 0 Å². The molecule has 0 unspecified atom stereocenters. The van der Waals surface area contributed by atoms with Crippen molar-refractivity contribution in [2.75, 3.05) is 6.54 Å². The molecule has 0 aliphatic heterocycles. The van der Waals surface area contributed by atoms with Crippen molar-refractivity contribution in [2.45, 2.75) is 58.0 Å². The van der Waals surface area contributed by atoms with Gasteiger partial charge < -0.3 is 21.1 Å². The van der Waals surface area contributed by atoms with Crippen LogP contribution in [-0.4, -0.2) is 46.5 Å². The minimum absolute atomic E-state index is 0.236. The maximum atomic E-state index is 12.4. The van der Waals surface area contributed by atoms with E-state index < -0.39 is 24.0 Å². The highest BCUT2D eigenvalue weighted by Gasteiger charge is 2.23. The third kappa shape index (κ3) is 10.0. The molecule has 0 bridgehead atoms. The van der Waals surface area contributed by atoms with Gasteiger partial charge in [-0.1, -0.05) is 42.5 Å². The van der Waals surface area contributed by atoms with E-state index in [4.69, 9.17) is 17.3 Å². The first kappa shape index (κ1) is 23.6. The molecule has 0 fully saturated rings. The number of rotatable bonds is 12. The van der Waals surface area contributed by atoms with Crippen LogP contribution in [-0.2, 0) is 20.8 Å². The Bertz CT molecular complexity index is 667. The van der Waals surface area contributed by atoms with Gasteiger partial charge in [-0.3, -0.25) is 14.4 Å². The number of unbranched alkanes of at least 4 members (excludes halogenated alkanes) is 1. The van der Waals surface area contributed by atoms with E-state index in [0.29, 0.717) is 30.8 Å². The number of carbonyl (C=O) groups excluding carboxylic acids is 2. The van der Waals surface area contributed by atoms with E-state index in [1.165, 1.54) is 6.92 Å². The second-order valence-corrected chi connectivity index (χ2v) is 7.27. The number of carboxylic acid groups (broad SMARTS) is 1. The first-order valence-electron chi connectivity index (χ1n) is 9.40. The zero-order valence-corrected chi connectivity index (χ0v) is 17.2. The van der Waals surface area contributed by atoms with Crippen molar-refractivity contribution in [2.24, 2.45) is 0 Å². The van der Waals surface area contributed by atoms with Crippen LogP contribution in [0.15, 0.2) is 30.3 Å². The Balaban J connectivity index is 2.56. The van der Waals surface area contributed by atoms with Gasteiger partial charge in [0.15, 0.2) is 0 Å². The standard InChI is InChI=1S/C20H29N3O4S/c1-14(20(26)27)22-19(25)17(10-6-7-13-21-15(2)28)23-18(24)12-11-16-8-4-3-5-9-16/h3-5,8-9,14,17H,6-7,10-13H2,1-2H3,(H,21,28)(H,22,25)(H,23,24)(H,26,27)/t14-,17-/m0/s1. The minimum atomic E-state index is -1.12. The Morgan fingerprint density at radius 2 is 1.79 bits per heavy atom. The molecule has 0 saturated heterocycles. The Kier molecular flexibility index (Phi) is 10.8. The summed E-state index contributed by atoms with van der Waals surface area (Å²) in [6.45, 7) is 3.88. The summed E-state index contributed by atoms with van der Waals surface area (Å²) >= 11 is 4.95. The fourth-order valence-electron chi connectivity index (χ4n) is 2.55. The quantitative estimate of drug-likeness (QED) is 0.311. The fourth-order valence-corrected chi connectivity index (χ4v) is 2.65. The number of hydrogen-bond donors (Lipinski definition) is 4. The number of aryl methyl sites for hydroxylation is 1. The van der Waals surface area contributed by atoms with Crippen LogP contribution in [0.5, 0.6) is 0 Å². The molecule has 7 nitrogen and oxygen atoms in total. The van der Waals surface area contributed by atoms with Gasteiger partial charge in [0.25, 0.3) is 0 Å². The maximum Gasteiger partial charge on any atom is 0.325 e. The summed E-state index contributed by atoms with van der Waals surface area (Å²) in [6, 6.07) is 7.83. The molecule has 0 radical (unpaired) electrons. The third-order valence-electron chi connectivity index (χ3n) is 4.16. The van der Waals surface area contributed by atoms with E-state index in [1.807, 2.05) is 30.3 Å². The molecule has 8 heteroatoms. The second-order valence-electron chi connectivity index (χ2n) is 6.65. The topological polar surface area (TPSA) is 108 Å². The van der Waals surface area contributed by atoms with Crippen LogP contribution in [0.4, 0.5) is 0 Å².